The maximum Gasteiger partial charge on any atom is 0.387 e. The van der Waals surface area contributed by atoms with E-state index in [2.05, 4.69) is 26.0 Å². The van der Waals surface area contributed by atoms with Gasteiger partial charge in [-0.05, 0) is 18.2 Å². The Labute approximate surface area is 140 Å². The molecule has 0 saturated carbocycles. The van der Waals surface area contributed by atoms with Crippen molar-refractivity contribution in [3.63, 3.8) is 0 Å². The molecule has 0 spiro atoms. The second kappa shape index (κ2) is 7.39. The molecule has 1 atom stereocenters. The van der Waals surface area contributed by atoms with Gasteiger partial charge in [0, 0.05) is 34.3 Å². The topological polar surface area (TPSA) is 72.5 Å². The van der Waals surface area contributed by atoms with Crippen molar-refractivity contribution in [3.8, 4) is 5.75 Å². The Morgan fingerprint density at radius 2 is 2.17 bits per heavy atom. The Balaban J connectivity index is 1.94. The summed E-state index contributed by atoms with van der Waals surface area (Å²) < 4.78 is 52.3. The molecular weight excluding hydrogens is 396 g/mol. The van der Waals surface area contributed by atoms with Gasteiger partial charge in [-0.25, -0.2) is 8.42 Å². The highest BCUT2D eigenvalue weighted by atomic mass is 79.9. The van der Waals surface area contributed by atoms with Crippen LogP contribution in [-0.4, -0.2) is 26.7 Å². The van der Waals surface area contributed by atoms with Crippen LogP contribution >= 0.6 is 15.9 Å². The van der Waals surface area contributed by atoms with E-state index in [9.17, 15) is 22.0 Å². The van der Waals surface area contributed by atoms with Crippen molar-refractivity contribution >= 4 is 31.7 Å². The van der Waals surface area contributed by atoms with E-state index in [1.807, 2.05) is 0 Å². The third-order valence-corrected chi connectivity index (χ3v) is 5.12. The van der Waals surface area contributed by atoms with Gasteiger partial charge in [-0.2, -0.15) is 8.78 Å². The summed E-state index contributed by atoms with van der Waals surface area (Å²) in [5.74, 6) is -0.831. The minimum absolute atomic E-state index is 0.00348. The molecule has 1 aliphatic heterocycles. The fourth-order valence-electron chi connectivity index (χ4n) is 2.17. The molecule has 0 saturated heterocycles. The monoisotopic (exact) mass is 409 g/mol. The lowest BCUT2D eigenvalue weighted by Gasteiger charge is -2.13. The van der Waals surface area contributed by atoms with Crippen molar-refractivity contribution in [2.45, 2.75) is 19.6 Å². The fourth-order valence-corrected chi connectivity index (χ4v) is 3.98. The standard InChI is InChI=1S/C14H14BrF2NO4S/c15-11-1-2-12(22-14(16)17)10(6-11)7-18-13(19)5-9-3-4-23(20,21)8-9/h1-4,6,9,14H,5,7-8H2,(H,18,19). The Hall–Kier alpha value is -1.48. The van der Waals surface area contributed by atoms with Crippen LogP contribution in [0.5, 0.6) is 5.75 Å². The smallest absolute Gasteiger partial charge is 0.387 e. The first-order valence-corrected chi connectivity index (χ1v) is 9.17. The second-order valence-electron chi connectivity index (χ2n) is 5.03. The summed E-state index contributed by atoms with van der Waals surface area (Å²) >= 11 is 3.22. The summed E-state index contributed by atoms with van der Waals surface area (Å²) in [6.45, 7) is -2.96. The highest BCUT2D eigenvalue weighted by molar-refractivity contribution is 9.10. The van der Waals surface area contributed by atoms with Crippen LogP contribution in [0.25, 0.3) is 0 Å². The molecule has 1 aromatic rings. The van der Waals surface area contributed by atoms with Crippen molar-refractivity contribution in [2.75, 3.05) is 5.75 Å². The lowest BCUT2D eigenvalue weighted by molar-refractivity contribution is -0.121. The summed E-state index contributed by atoms with van der Waals surface area (Å²) in [6, 6.07) is 4.50. The number of carbonyl (C=O) groups excluding carboxylic acids is 1. The minimum atomic E-state index is -3.20. The quantitative estimate of drug-likeness (QED) is 0.783. The van der Waals surface area contributed by atoms with E-state index in [-0.39, 0.29) is 36.3 Å². The number of hydrogen-bond acceptors (Lipinski definition) is 4. The Morgan fingerprint density at radius 1 is 1.43 bits per heavy atom. The average molecular weight is 410 g/mol. The normalized spacial score (nSPS) is 19.0. The third-order valence-electron chi connectivity index (χ3n) is 3.17. The van der Waals surface area contributed by atoms with E-state index in [1.165, 1.54) is 12.1 Å². The van der Waals surface area contributed by atoms with E-state index in [0.717, 1.165) is 5.41 Å². The van der Waals surface area contributed by atoms with E-state index in [4.69, 9.17) is 0 Å². The van der Waals surface area contributed by atoms with Crippen LogP contribution in [0.1, 0.15) is 12.0 Å². The SMILES string of the molecule is O=C(CC1C=CS(=O)(=O)C1)NCc1cc(Br)ccc1OC(F)F. The molecule has 9 heteroatoms. The van der Waals surface area contributed by atoms with E-state index < -0.39 is 16.4 Å². The molecule has 5 nitrogen and oxygen atoms in total. The van der Waals surface area contributed by atoms with Crippen LogP contribution in [0.3, 0.4) is 0 Å². The number of nitrogens with one attached hydrogen (secondary N) is 1. The lowest BCUT2D eigenvalue weighted by Crippen LogP contribution is -2.26. The number of sulfone groups is 1. The van der Waals surface area contributed by atoms with Crippen LogP contribution in [0.4, 0.5) is 8.78 Å². The van der Waals surface area contributed by atoms with Gasteiger partial charge in [0.2, 0.25) is 5.91 Å². The molecule has 0 aliphatic carbocycles. The first-order chi connectivity index (χ1) is 10.7. The van der Waals surface area contributed by atoms with Crippen LogP contribution in [0.2, 0.25) is 0 Å². The van der Waals surface area contributed by atoms with Gasteiger partial charge < -0.3 is 10.1 Å². The number of rotatable bonds is 6. The molecule has 1 heterocycles. The summed E-state index contributed by atoms with van der Waals surface area (Å²) in [5.41, 5.74) is 0.391. The molecule has 2 rings (SSSR count). The van der Waals surface area contributed by atoms with Gasteiger partial charge in [-0.15, -0.1) is 0 Å². The number of halogens is 3. The molecular formula is C14H14BrF2NO4S. The number of benzene rings is 1. The molecule has 0 fully saturated rings. The first kappa shape index (κ1) is 17.9. The minimum Gasteiger partial charge on any atom is -0.434 e. The van der Waals surface area contributed by atoms with E-state index >= 15 is 0 Å². The number of alkyl halides is 2. The van der Waals surface area contributed by atoms with Gasteiger partial charge in [-0.1, -0.05) is 22.0 Å². The van der Waals surface area contributed by atoms with Crippen molar-refractivity contribution < 1.29 is 26.7 Å². The van der Waals surface area contributed by atoms with Crippen molar-refractivity contribution in [1.82, 2.24) is 5.32 Å². The number of hydrogen-bond donors (Lipinski definition) is 1. The fraction of sp³-hybridized carbons (Fsp3) is 0.357. The predicted molar refractivity (Wildman–Crippen MR) is 83.7 cm³/mol. The molecule has 23 heavy (non-hydrogen) atoms. The number of ether oxygens (including phenoxy) is 1. The number of amides is 1. The summed E-state index contributed by atoms with van der Waals surface area (Å²) in [4.78, 5) is 11.9. The van der Waals surface area contributed by atoms with Gasteiger partial charge in [-0.3, -0.25) is 4.79 Å². The van der Waals surface area contributed by atoms with Crippen LogP contribution in [0, 0.1) is 5.92 Å². The first-order valence-electron chi connectivity index (χ1n) is 6.66. The molecule has 0 bridgehead atoms. The zero-order valence-electron chi connectivity index (χ0n) is 11.8. The highest BCUT2D eigenvalue weighted by Crippen LogP contribution is 2.25. The predicted octanol–water partition coefficient (Wildman–Crippen LogP) is 2.62. The van der Waals surface area contributed by atoms with E-state index in [1.54, 1.807) is 12.1 Å². The summed E-state index contributed by atoms with van der Waals surface area (Å²) in [6.07, 6.45) is 1.51. The average Bonchev–Trinajstić information content (AvgIpc) is 2.77. The Bertz CT molecular complexity index is 721. The number of allylic oxidation sites excluding steroid dienone is 1. The maximum atomic E-state index is 12.4. The molecule has 1 unspecified atom stereocenters. The van der Waals surface area contributed by atoms with Gasteiger partial charge in [0.15, 0.2) is 9.84 Å². The molecule has 1 aromatic carbocycles. The van der Waals surface area contributed by atoms with Crippen LogP contribution in [-0.2, 0) is 21.2 Å². The second-order valence-corrected chi connectivity index (χ2v) is 7.88. The van der Waals surface area contributed by atoms with Crippen LogP contribution < -0.4 is 10.1 Å². The van der Waals surface area contributed by atoms with Crippen molar-refractivity contribution in [3.05, 3.63) is 39.7 Å². The molecule has 0 radical (unpaired) electrons. The van der Waals surface area contributed by atoms with Crippen molar-refractivity contribution in [1.29, 1.82) is 0 Å². The Kier molecular flexibility index (Phi) is 5.74. The van der Waals surface area contributed by atoms with Crippen molar-refractivity contribution in [2.24, 2.45) is 5.92 Å². The molecule has 0 aromatic heterocycles. The van der Waals surface area contributed by atoms with Gasteiger partial charge >= 0.3 is 6.61 Å². The molecule has 1 amide bonds. The zero-order valence-corrected chi connectivity index (χ0v) is 14.2. The van der Waals surface area contributed by atoms with Gasteiger partial charge in [0.25, 0.3) is 0 Å². The molecule has 1 N–H and O–H groups in total. The Morgan fingerprint density at radius 3 is 2.78 bits per heavy atom. The van der Waals surface area contributed by atoms with Gasteiger partial charge in [0.05, 0.1) is 5.75 Å². The highest BCUT2D eigenvalue weighted by Gasteiger charge is 2.23. The lowest BCUT2D eigenvalue weighted by atomic mass is 10.1. The third kappa shape index (κ3) is 5.58. The zero-order chi connectivity index (χ0) is 17.0. The summed E-state index contributed by atoms with van der Waals surface area (Å²) in [5, 5.41) is 3.69. The van der Waals surface area contributed by atoms with E-state index in [0.29, 0.717) is 10.0 Å². The van der Waals surface area contributed by atoms with Gasteiger partial charge in [0.1, 0.15) is 5.75 Å². The maximum absolute atomic E-state index is 12.4. The van der Waals surface area contributed by atoms with Crippen LogP contribution in [0.15, 0.2) is 34.2 Å². The largest absolute Gasteiger partial charge is 0.434 e. The number of carbonyl (C=O) groups is 1. The molecule has 126 valence electrons. The summed E-state index contributed by atoms with van der Waals surface area (Å²) in [7, 11) is -3.20. The molecule has 1 aliphatic rings.